The zero-order valence-corrected chi connectivity index (χ0v) is 7.76. The van der Waals surface area contributed by atoms with E-state index in [0.29, 0.717) is 0 Å². The fourth-order valence-corrected chi connectivity index (χ4v) is 0. The quantitative estimate of drug-likeness (QED) is 0.465. The number of hydrogen-bond donors (Lipinski definition) is 0. The fourth-order valence-electron chi connectivity index (χ4n) is 0. The zero-order valence-electron chi connectivity index (χ0n) is 2.63. The van der Waals surface area contributed by atoms with Crippen LogP contribution in [-0.4, -0.2) is 51.4 Å². The molecule has 0 saturated carbocycles. The van der Waals surface area contributed by atoms with Crippen LogP contribution < -0.4 is 0 Å². The molecule has 0 unspecified atom stereocenters. The molecule has 0 aliphatic rings. The molecule has 0 heterocycles. The van der Waals surface area contributed by atoms with E-state index in [4.69, 9.17) is 10.2 Å². The van der Waals surface area contributed by atoms with Gasteiger partial charge in [0.1, 0.15) is 0 Å². The van der Waals surface area contributed by atoms with Crippen LogP contribution in [0.25, 0.3) is 0 Å². The first kappa shape index (κ1) is 9.87. The molecule has 0 amide bonds. The van der Waals surface area contributed by atoms with Crippen molar-refractivity contribution in [1.29, 1.82) is 0 Å². The Balaban J connectivity index is 0. The molecule has 5 heteroatoms. The molecule has 0 N–H and O–H groups in total. The van der Waals surface area contributed by atoms with E-state index in [1.54, 1.807) is 0 Å². The van der Waals surface area contributed by atoms with Gasteiger partial charge >= 0.3 is 27.4 Å². The van der Waals surface area contributed by atoms with Crippen LogP contribution in [0.15, 0.2) is 0 Å². The third-order valence-corrected chi connectivity index (χ3v) is 0. The Labute approximate surface area is 77.0 Å². The maximum absolute atomic E-state index is 8.59. The van der Waals surface area contributed by atoms with E-state index in [1.807, 2.05) is 0 Å². The summed E-state index contributed by atoms with van der Waals surface area (Å²) >= 11 is -4.11. The first-order valence-corrected chi connectivity index (χ1v) is 2.96. The molecular weight excluding hydrogens is 183 g/mol. The molecule has 0 aromatic heterocycles. The summed E-state index contributed by atoms with van der Waals surface area (Å²) in [6.07, 6.45) is 0. The molecule has 25 valence electrons. The molecule has 0 rings (SSSR count). The number of hydrogen-bond acceptors (Lipinski definition) is 3. The van der Waals surface area contributed by atoms with Crippen LogP contribution in [0.5, 0.6) is 0 Å². The molecule has 0 saturated heterocycles. The Morgan fingerprint density at radius 3 is 1.00 bits per heavy atom. The molecule has 0 aromatic carbocycles. The van der Waals surface area contributed by atoms with Gasteiger partial charge in [-0.3, -0.25) is 0 Å². The average molecular weight is 183 g/mol. The Bertz CT molecular complexity index is 76.3. The van der Waals surface area contributed by atoms with Crippen molar-refractivity contribution in [3.05, 3.63) is 0 Å². The molecule has 0 bridgehead atoms. The monoisotopic (exact) mass is 185 g/mol. The molecule has 0 atom stereocenters. The summed E-state index contributed by atoms with van der Waals surface area (Å²) in [5.41, 5.74) is 0. The van der Waals surface area contributed by atoms with Crippen LogP contribution in [-0.2, 0) is 27.4 Å². The standard InChI is InChI=1S/K.Mo.3O. The van der Waals surface area contributed by atoms with Crippen molar-refractivity contribution in [2.75, 3.05) is 0 Å². The predicted octanol–water partition coefficient (Wildman–Crippen LogP) is -0.740. The predicted molar refractivity (Wildman–Crippen MR) is 7.81 cm³/mol. The average Bonchev–Trinajstić information content (AvgIpc) is 0.811. The van der Waals surface area contributed by atoms with Crippen molar-refractivity contribution >= 4 is 51.4 Å². The first-order valence-electron chi connectivity index (χ1n) is 0.500. The van der Waals surface area contributed by atoms with E-state index < -0.39 is 17.2 Å². The van der Waals surface area contributed by atoms with Crippen LogP contribution >= 0.6 is 0 Å². The summed E-state index contributed by atoms with van der Waals surface area (Å²) in [5, 5.41) is 0. The van der Waals surface area contributed by atoms with E-state index in [2.05, 4.69) is 0 Å². The van der Waals surface area contributed by atoms with Crippen LogP contribution in [0.3, 0.4) is 0 Å². The summed E-state index contributed by atoms with van der Waals surface area (Å²) in [4.78, 5) is 0. The van der Waals surface area contributed by atoms with Gasteiger partial charge in [0.2, 0.25) is 0 Å². The Kier molecular flexibility index (Phi) is 11.3. The van der Waals surface area contributed by atoms with Crippen molar-refractivity contribution in [3.8, 4) is 0 Å². The van der Waals surface area contributed by atoms with Crippen LogP contribution in [0.2, 0.25) is 0 Å². The van der Waals surface area contributed by atoms with Gasteiger partial charge < -0.3 is 0 Å². The van der Waals surface area contributed by atoms with Gasteiger partial charge in [0, 0.05) is 51.4 Å². The van der Waals surface area contributed by atoms with Gasteiger partial charge in [-0.15, -0.1) is 0 Å². The molecule has 5 heavy (non-hydrogen) atoms. The molecule has 0 aliphatic carbocycles. The third kappa shape index (κ3) is 26.7. The second-order valence-electron chi connectivity index (χ2n) is 0.204. The molecule has 0 aliphatic heterocycles. The zero-order chi connectivity index (χ0) is 3.58. The van der Waals surface area contributed by atoms with Gasteiger partial charge in [-0.2, -0.15) is 0 Å². The maximum atomic E-state index is 8.59. The minimum atomic E-state index is -4.11. The van der Waals surface area contributed by atoms with Crippen molar-refractivity contribution in [2.24, 2.45) is 0 Å². The summed E-state index contributed by atoms with van der Waals surface area (Å²) in [7, 11) is 0. The summed E-state index contributed by atoms with van der Waals surface area (Å²) in [6, 6.07) is 0. The Hall–Kier alpha value is 1.72. The van der Waals surface area contributed by atoms with E-state index in [0.717, 1.165) is 0 Å². The van der Waals surface area contributed by atoms with Crippen LogP contribution in [0.1, 0.15) is 0 Å². The SMILES string of the molecule is [K].[O]=[Mo](=[O])=[O]. The summed E-state index contributed by atoms with van der Waals surface area (Å²) in [5.74, 6) is 0. The fraction of sp³-hybridized carbons (Fsp3) is 0. The normalized spacial score (nSPS) is 4.80. The second-order valence-corrected chi connectivity index (χ2v) is 1.21. The first-order chi connectivity index (χ1) is 1.73. The van der Waals surface area contributed by atoms with Crippen molar-refractivity contribution < 1.29 is 27.4 Å². The van der Waals surface area contributed by atoms with Crippen molar-refractivity contribution in [3.63, 3.8) is 0 Å². The van der Waals surface area contributed by atoms with Gasteiger partial charge in [-0.05, 0) is 0 Å². The summed E-state index contributed by atoms with van der Waals surface area (Å²) < 4.78 is 25.8. The molecule has 3 nitrogen and oxygen atoms in total. The molecule has 0 aromatic rings. The van der Waals surface area contributed by atoms with Crippen molar-refractivity contribution in [1.82, 2.24) is 0 Å². The minimum absolute atomic E-state index is 0. The van der Waals surface area contributed by atoms with Crippen molar-refractivity contribution in [2.45, 2.75) is 0 Å². The molecule has 0 spiro atoms. The van der Waals surface area contributed by atoms with E-state index in [9.17, 15) is 0 Å². The van der Waals surface area contributed by atoms with Gasteiger partial charge in [-0.25, -0.2) is 0 Å². The molecular formula is KMoO3. The van der Waals surface area contributed by atoms with Crippen LogP contribution in [0.4, 0.5) is 0 Å². The van der Waals surface area contributed by atoms with E-state index in [-0.39, 0.29) is 51.4 Å². The van der Waals surface area contributed by atoms with Gasteiger partial charge in [-0.1, -0.05) is 0 Å². The Morgan fingerprint density at radius 1 is 1.00 bits per heavy atom. The summed E-state index contributed by atoms with van der Waals surface area (Å²) in [6.45, 7) is 0. The van der Waals surface area contributed by atoms with E-state index >= 15 is 0 Å². The van der Waals surface area contributed by atoms with E-state index in [1.165, 1.54) is 0 Å². The van der Waals surface area contributed by atoms with Gasteiger partial charge in [0.25, 0.3) is 0 Å². The third-order valence-electron chi connectivity index (χ3n) is 0. The number of rotatable bonds is 0. The Morgan fingerprint density at radius 2 is 1.00 bits per heavy atom. The van der Waals surface area contributed by atoms with Crippen LogP contribution in [0, 0.1) is 0 Å². The topological polar surface area (TPSA) is 51.2 Å². The second kappa shape index (κ2) is 5.72. The van der Waals surface area contributed by atoms with Gasteiger partial charge in [0.05, 0.1) is 0 Å². The molecule has 0 fully saturated rings. The van der Waals surface area contributed by atoms with Gasteiger partial charge in [0.15, 0.2) is 0 Å². The molecule has 1 radical (unpaired) electrons.